The number of rotatable bonds is 5. The Kier molecular flexibility index (Phi) is 6.49. The molecule has 0 spiro atoms. The van der Waals surface area contributed by atoms with E-state index >= 15 is 0 Å². The zero-order valence-electron chi connectivity index (χ0n) is 7.11. The summed E-state index contributed by atoms with van der Waals surface area (Å²) in [5.41, 5.74) is 1.11. The quantitative estimate of drug-likeness (QED) is 0.520. The first-order chi connectivity index (χ1) is 4.31. The molecule has 0 amide bonds. The van der Waals surface area contributed by atoms with E-state index in [-0.39, 0.29) is 0 Å². The molecule has 0 fully saturated rings. The molecule has 0 radical (unpaired) electrons. The summed E-state index contributed by atoms with van der Waals surface area (Å²) in [6.07, 6.45) is 4.33. The van der Waals surface area contributed by atoms with Gasteiger partial charge >= 0.3 is 0 Å². The molecule has 1 heteroatoms. The minimum Gasteiger partial charge on any atom is -0.0683 e. The summed E-state index contributed by atoms with van der Waals surface area (Å²) < 4.78 is 0. The molecule has 0 N–H and O–H groups in total. The van der Waals surface area contributed by atoms with Gasteiger partial charge in [-0.2, -0.15) is 0 Å². The standard InChI is InChI=1S/C8H20Si/c1-4-6-7-8(3)9-5-2/h8H,4-7,9H2,1-3H3. The molecular weight excluding hydrogens is 124 g/mol. The Morgan fingerprint density at radius 2 is 2.00 bits per heavy atom. The van der Waals surface area contributed by atoms with Gasteiger partial charge in [-0.3, -0.25) is 0 Å². The molecular formula is C8H20Si. The van der Waals surface area contributed by atoms with Crippen LogP contribution in [0.2, 0.25) is 11.6 Å². The van der Waals surface area contributed by atoms with Gasteiger partial charge in [0.1, 0.15) is 0 Å². The molecule has 9 heavy (non-hydrogen) atoms. The number of unbranched alkanes of at least 4 members (excludes halogenated alkanes) is 1. The summed E-state index contributed by atoms with van der Waals surface area (Å²) in [7, 11) is 0.326. The third-order valence-corrected chi connectivity index (χ3v) is 3.80. The molecule has 0 aliphatic heterocycles. The fourth-order valence-corrected chi connectivity index (χ4v) is 2.75. The third kappa shape index (κ3) is 6.10. The van der Waals surface area contributed by atoms with Crippen molar-refractivity contribution in [2.24, 2.45) is 0 Å². The van der Waals surface area contributed by atoms with Crippen LogP contribution in [0.3, 0.4) is 0 Å². The van der Waals surface area contributed by atoms with Crippen molar-refractivity contribution >= 4 is 9.52 Å². The van der Waals surface area contributed by atoms with Crippen molar-refractivity contribution < 1.29 is 0 Å². The molecule has 0 aromatic heterocycles. The van der Waals surface area contributed by atoms with Crippen LogP contribution in [0.1, 0.15) is 40.0 Å². The second kappa shape index (κ2) is 6.34. The van der Waals surface area contributed by atoms with Crippen molar-refractivity contribution in [2.45, 2.75) is 51.6 Å². The molecule has 1 atom stereocenters. The lowest BCUT2D eigenvalue weighted by molar-refractivity contribution is 0.695. The Bertz CT molecular complexity index is 52.5. The summed E-state index contributed by atoms with van der Waals surface area (Å²) in [5, 5.41) is 0. The summed E-state index contributed by atoms with van der Waals surface area (Å²) in [6.45, 7) is 7.03. The maximum absolute atomic E-state index is 2.42. The molecule has 0 bridgehead atoms. The lowest BCUT2D eigenvalue weighted by atomic mass is 10.2. The molecule has 0 saturated heterocycles. The first-order valence-corrected chi connectivity index (χ1v) is 6.12. The molecule has 1 unspecified atom stereocenters. The van der Waals surface area contributed by atoms with Gasteiger partial charge in [-0.05, 0) is 0 Å². The van der Waals surface area contributed by atoms with E-state index in [2.05, 4.69) is 20.8 Å². The van der Waals surface area contributed by atoms with E-state index in [0.717, 1.165) is 5.54 Å². The predicted octanol–water partition coefficient (Wildman–Crippen LogP) is 2.59. The van der Waals surface area contributed by atoms with Crippen LogP contribution in [0.25, 0.3) is 0 Å². The van der Waals surface area contributed by atoms with Crippen LogP contribution in [0, 0.1) is 0 Å². The molecule has 0 aliphatic rings. The normalized spacial score (nSPS) is 15.0. The number of hydrogen-bond donors (Lipinski definition) is 0. The lowest BCUT2D eigenvalue weighted by Crippen LogP contribution is -1.96. The van der Waals surface area contributed by atoms with Crippen LogP contribution < -0.4 is 0 Å². The van der Waals surface area contributed by atoms with Crippen LogP contribution in [0.4, 0.5) is 0 Å². The van der Waals surface area contributed by atoms with E-state index in [0.29, 0.717) is 9.52 Å². The van der Waals surface area contributed by atoms with Crippen LogP contribution in [0.15, 0.2) is 0 Å². The predicted molar refractivity (Wildman–Crippen MR) is 48.0 cm³/mol. The summed E-state index contributed by atoms with van der Waals surface area (Å²) >= 11 is 0. The lowest BCUT2D eigenvalue weighted by Gasteiger charge is -2.06. The second-order valence-electron chi connectivity index (χ2n) is 3.04. The second-order valence-corrected chi connectivity index (χ2v) is 6.01. The van der Waals surface area contributed by atoms with Crippen LogP contribution in [0.5, 0.6) is 0 Å². The number of hydrogen-bond acceptors (Lipinski definition) is 0. The maximum Gasteiger partial charge on any atom is 0.0225 e. The van der Waals surface area contributed by atoms with Crippen molar-refractivity contribution in [1.82, 2.24) is 0 Å². The zero-order chi connectivity index (χ0) is 7.11. The van der Waals surface area contributed by atoms with E-state index < -0.39 is 0 Å². The smallest absolute Gasteiger partial charge is 0.0225 e. The Morgan fingerprint density at radius 3 is 2.44 bits per heavy atom. The summed E-state index contributed by atoms with van der Waals surface area (Å²) in [6, 6.07) is 1.49. The van der Waals surface area contributed by atoms with Gasteiger partial charge in [0, 0.05) is 9.52 Å². The van der Waals surface area contributed by atoms with Gasteiger partial charge in [0.05, 0.1) is 0 Å². The Hall–Kier alpha value is 0.217. The van der Waals surface area contributed by atoms with E-state index in [4.69, 9.17) is 0 Å². The van der Waals surface area contributed by atoms with Gasteiger partial charge in [-0.25, -0.2) is 0 Å². The molecule has 0 nitrogen and oxygen atoms in total. The fraction of sp³-hybridized carbons (Fsp3) is 1.00. The highest BCUT2D eigenvalue weighted by molar-refractivity contribution is 6.37. The van der Waals surface area contributed by atoms with Crippen LogP contribution in [-0.4, -0.2) is 9.52 Å². The minimum absolute atomic E-state index is 0.326. The van der Waals surface area contributed by atoms with Gasteiger partial charge in [-0.1, -0.05) is 51.6 Å². The van der Waals surface area contributed by atoms with Crippen LogP contribution in [-0.2, 0) is 0 Å². The van der Waals surface area contributed by atoms with E-state index in [1.807, 2.05) is 0 Å². The van der Waals surface area contributed by atoms with Crippen molar-refractivity contribution in [3.63, 3.8) is 0 Å². The van der Waals surface area contributed by atoms with Gasteiger partial charge in [-0.15, -0.1) is 0 Å². The van der Waals surface area contributed by atoms with Gasteiger partial charge in [0.15, 0.2) is 0 Å². The molecule has 0 rings (SSSR count). The average Bonchev–Trinajstić information content (AvgIpc) is 1.85. The first-order valence-electron chi connectivity index (χ1n) is 4.31. The van der Waals surface area contributed by atoms with E-state index in [1.54, 1.807) is 0 Å². The summed E-state index contributed by atoms with van der Waals surface area (Å²) in [5.74, 6) is 0. The maximum atomic E-state index is 2.42. The van der Waals surface area contributed by atoms with Crippen molar-refractivity contribution in [3.8, 4) is 0 Å². The van der Waals surface area contributed by atoms with Crippen molar-refractivity contribution in [3.05, 3.63) is 0 Å². The molecule has 0 aromatic rings. The monoisotopic (exact) mass is 144 g/mol. The zero-order valence-corrected chi connectivity index (χ0v) is 8.53. The Labute approximate surface area is 61.9 Å². The Morgan fingerprint density at radius 1 is 1.33 bits per heavy atom. The molecule has 0 aliphatic carbocycles. The van der Waals surface area contributed by atoms with E-state index in [9.17, 15) is 0 Å². The molecule has 0 heterocycles. The summed E-state index contributed by atoms with van der Waals surface area (Å²) in [4.78, 5) is 0. The fourth-order valence-electron chi connectivity index (χ4n) is 1.19. The van der Waals surface area contributed by atoms with Gasteiger partial charge < -0.3 is 0 Å². The highest BCUT2D eigenvalue weighted by Crippen LogP contribution is 2.12. The molecule has 56 valence electrons. The molecule has 0 aromatic carbocycles. The molecule has 0 saturated carbocycles. The average molecular weight is 144 g/mol. The topological polar surface area (TPSA) is 0 Å². The highest BCUT2D eigenvalue weighted by atomic mass is 28.2. The highest BCUT2D eigenvalue weighted by Gasteiger charge is 1.98. The third-order valence-electron chi connectivity index (χ3n) is 1.83. The van der Waals surface area contributed by atoms with Gasteiger partial charge in [0.25, 0.3) is 0 Å². The van der Waals surface area contributed by atoms with Crippen LogP contribution >= 0.6 is 0 Å². The SMILES string of the molecule is CCCCC(C)[SiH2]CC. The first kappa shape index (κ1) is 9.22. The Balaban J connectivity index is 2.95. The van der Waals surface area contributed by atoms with Crippen molar-refractivity contribution in [1.29, 1.82) is 0 Å². The minimum atomic E-state index is 0.326. The largest absolute Gasteiger partial charge is 0.0683 e. The van der Waals surface area contributed by atoms with Gasteiger partial charge in [0.2, 0.25) is 0 Å². The van der Waals surface area contributed by atoms with E-state index in [1.165, 1.54) is 25.3 Å². The van der Waals surface area contributed by atoms with Crippen molar-refractivity contribution in [2.75, 3.05) is 0 Å².